The average Bonchev–Trinajstić information content (AvgIpc) is 3.46. The number of benzene rings is 1. The van der Waals surface area contributed by atoms with Gasteiger partial charge >= 0.3 is 5.69 Å². The van der Waals surface area contributed by atoms with E-state index in [0.29, 0.717) is 36.5 Å². The van der Waals surface area contributed by atoms with Gasteiger partial charge in [-0.1, -0.05) is 39.3 Å². The molecule has 9 heteroatoms. The lowest BCUT2D eigenvalue weighted by atomic mass is 10.2. The Balaban J connectivity index is 1.52. The van der Waals surface area contributed by atoms with E-state index < -0.39 is 11.2 Å². The summed E-state index contributed by atoms with van der Waals surface area (Å²) in [6.07, 6.45) is 4.84. The van der Waals surface area contributed by atoms with Crippen molar-refractivity contribution in [2.24, 2.45) is 5.92 Å². The summed E-state index contributed by atoms with van der Waals surface area (Å²) in [5, 5.41) is 3.01. The number of anilines is 1. The molecule has 1 aliphatic rings. The molecule has 1 fully saturated rings. The van der Waals surface area contributed by atoms with Crippen LogP contribution in [0.1, 0.15) is 64.3 Å². The number of likely N-dealkylation sites (tertiary alicyclic amines) is 1. The molecule has 1 saturated heterocycles. The van der Waals surface area contributed by atoms with Gasteiger partial charge in [0.25, 0.3) is 5.56 Å². The summed E-state index contributed by atoms with van der Waals surface area (Å²) in [5.74, 6) is 0.815. The van der Waals surface area contributed by atoms with Gasteiger partial charge in [0.05, 0.1) is 0 Å². The van der Waals surface area contributed by atoms with E-state index in [1.54, 1.807) is 4.57 Å². The third kappa shape index (κ3) is 6.13. The Morgan fingerprint density at radius 3 is 2.67 bits per heavy atom. The van der Waals surface area contributed by atoms with Gasteiger partial charge in [0, 0.05) is 38.2 Å². The van der Waals surface area contributed by atoms with Crippen LogP contribution in [0.4, 0.5) is 5.69 Å². The first-order valence-electron chi connectivity index (χ1n) is 13.2. The van der Waals surface area contributed by atoms with Gasteiger partial charge < -0.3 is 9.88 Å². The quantitative estimate of drug-likeness (QED) is 0.424. The summed E-state index contributed by atoms with van der Waals surface area (Å²) < 4.78 is 3.43. The fraction of sp³-hybridized carbons (Fsp3) is 0.556. The van der Waals surface area contributed by atoms with Gasteiger partial charge in [0.2, 0.25) is 5.91 Å². The molecule has 4 rings (SSSR count). The fourth-order valence-corrected chi connectivity index (χ4v) is 4.89. The van der Waals surface area contributed by atoms with Crippen molar-refractivity contribution < 1.29 is 4.79 Å². The van der Waals surface area contributed by atoms with Crippen molar-refractivity contribution in [3.63, 3.8) is 0 Å². The molecule has 0 bridgehead atoms. The lowest BCUT2D eigenvalue weighted by Gasteiger charge is -2.15. The van der Waals surface area contributed by atoms with E-state index in [0.717, 1.165) is 38.2 Å². The molecule has 1 amide bonds. The molecular formula is C27H38N6O3. The SMILES string of the molecule is CCCCn1c(=O)[nH]c(=O)c2c1nc(CCC(=O)Nc1cccc(CN3CCCC3)c1)n2CC(C)C. The molecule has 0 spiro atoms. The molecule has 2 aromatic heterocycles. The van der Waals surface area contributed by atoms with Crippen molar-refractivity contribution in [1.29, 1.82) is 0 Å². The number of rotatable bonds is 11. The molecule has 0 unspecified atom stereocenters. The number of fused-ring (bicyclic) bond motifs is 1. The number of H-pyrrole nitrogens is 1. The largest absolute Gasteiger partial charge is 0.330 e. The predicted octanol–water partition coefficient (Wildman–Crippen LogP) is 3.51. The second kappa shape index (κ2) is 11.7. The first-order chi connectivity index (χ1) is 17.4. The Kier molecular flexibility index (Phi) is 8.40. The van der Waals surface area contributed by atoms with Crippen LogP contribution in [-0.4, -0.2) is 43.0 Å². The van der Waals surface area contributed by atoms with Crippen LogP contribution < -0.4 is 16.6 Å². The molecule has 3 heterocycles. The zero-order valence-electron chi connectivity index (χ0n) is 21.7. The van der Waals surface area contributed by atoms with Gasteiger partial charge in [0.15, 0.2) is 11.2 Å². The fourth-order valence-electron chi connectivity index (χ4n) is 4.89. The molecule has 0 radical (unpaired) electrons. The Morgan fingerprint density at radius 2 is 1.94 bits per heavy atom. The van der Waals surface area contributed by atoms with E-state index in [1.807, 2.05) is 22.8 Å². The van der Waals surface area contributed by atoms with Crippen LogP contribution in [0, 0.1) is 5.92 Å². The number of hydrogen-bond acceptors (Lipinski definition) is 5. The molecule has 2 N–H and O–H groups in total. The minimum absolute atomic E-state index is 0.103. The number of imidazole rings is 1. The molecular weight excluding hydrogens is 456 g/mol. The van der Waals surface area contributed by atoms with Gasteiger partial charge in [-0.25, -0.2) is 9.78 Å². The summed E-state index contributed by atoms with van der Waals surface area (Å²) in [4.78, 5) is 47.7. The molecule has 1 aromatic carbocycles. The van der Waals surface area contributed by atoms with Crippen LogP contribution in [0.25, 0.3) is 11.2 Å². The minimum atomic E-state index is -0.437. The number of aryl methyl sites for hydroxylation is 2. The van der Waals surface area contributed by atoms with Gasteiger partial charge in [-0.2, -0.15) is 0 Å². The zero-order chi connectivity index (χ0) is 25.7. The molecule has 0 atom stereocenters. The van der Waals surface area contributed by atoms with Crippen LogP contribution in [0.3, 0.4) is 0 Å². The third-order valence-corrected chi connectivity index (χ3v) is 6.64. The maximum Gasteiger partial charge on any atom is 0.330 e. The van der Waals surface area contributed by atoms with E-state index >= 15 is 0 Å². The summed E-state index contributed by atoms with van der Waals surface area (Å²) in [7, 11) is 0. The topological polar surface area (TPSA) is 105 Å². The van der Waals surface area contributed by atoms with Crippen LogP contribution in [-0.2, 0) is 30.8 Å². The van der Waals surface area contributed by atoms with Gasteiger partial charge in [-0.15, -0.1) is 0 Å². The van der Waals surface area contributed by atoms with Crippen molar-refractivity contribution in [1.82, 2.24) is 24.0 Å². The van der Waals surface area contributed by atoms with Crippen LogP contribution >= 0.6 is 0 Å². The number of aromatic amines is 1. The number of unbranched alkanes of at least 4 members (excludes halogenated alkanes) is 1. The van der Waals surface area contributed by atoms with Gasteiger partial charge in [0.1, 0.15) is 5.82 Å². The van der Waals surface area contributed by atoms with E-state index in [-0.39, 0.29) is 18.2 Å². The Bertz CT molecular complexity index is 1310. The number of carbonyl (C=O) groups is 1. The maximum atomic E-state index is 12.8. The van der Waals surface area contributed by atoms with Gasteiger partial charge in [-0.3, -0.25) is 24.0 Å². The molecule has 0 saturated carbocycles. The normalized spacial score (nSPS) is 14.2. The molecule has 9 nitrogen and oxygen atoms in total. The maximum absolute atomic E-state index is 12.8. The summed E-state index contributed by atoms with van der Waals surface area (Å²) >= 11 is 0. The second-order valence-corrected chi connectivity index (χ2v) is 10.2. The highest BCUT2D eigenvalue weighted by Gasteiger charge is 2.20. The lowest BCUT2D eigenvalue weighted by molar-refractivity contribution is -0.116. The summed E-state index contributed by atoms with van der Waals surface area (Å²) in [5.41, 5.74) is 1.93. The smallest absolute Gasteiger partial charge is 0.326 e. The number of nitrogens with one attached hydrogen (secondary N) is 2. The predicted molar refractivity (Wildman–Crippen MR) is 142 cm³/mol. The van der Waals surface area contributed by atoms with E-state index in [2.05, 4.69) is 42.0 Å². The molecule has 1 aliphatic heterocycles. The third-order valence-electron chi connectivity index (χ3n) is 6.64. The first-order valence-corrected chi connectivity index (χ1v) is 13.2. The van der Waals surface area contributed by atoms with E-state index in [4.69, 9.17) is 4.98 Å². The lowest BCUT2D eigenvalue weighted by Crippen LogP contribution is -2.31. The van der Waals surface area contributed by atoms with Gasteiger partial charge in [-0.05, 0) is 56.0 Å². The number of aromatic nitrogens is 4. The highest BCUT2D eigenvalue weighted by molar-refractivity contribution is 5.90. The zero-order valence-corrected chi connectivity index (χ0v) is 21.7. The van der Waals surface area contributed by atoms with Crippen molar-refractivity contribution in [3.05, 3.63) is 56.5 Å². The number of nitrogens with zero attached hydrogens (tertiary/aromatic N) is 4. The first kappa shape index (κ1) is 25.9. The molecule has 194 valence electrons. The number of carbonyl (C=O) groups excluding carboxylic acids is 1. The van der Waals surface area contributed by atoms with Crippen molar-refractivity contribution in [3.8, 4) is 0 Å². The van der Waals surface area contributed by atoms with Crippen LogP contribution in [0.15, 0.2) is 33.9 Å². The highest BCUT2D eigenvalue weighted by atomic mass is 16.2. The van der Waals surface area contributed by atoms with Crippen LogP contribution in [0.2, 0.25) is 0 Å². The standard InChI is InChI=1S/C27H38N6O3/c1-4-5-15-32-25-24(26(35)30-27(32)36)33(17-19(2)3)22(29-25)11-12-23(34)28-21-10-8-9-20(16-21)18-31-13-6-7-14-31/h8-10,16,19H,4-7,11-15,17-18H2,1-3H3,(H,28,34)(H,30,35,36). The highest BCUT2D eigenvalue weighted by Crippen LogP contribution is 2.18. The monoisotopic (exact) mass is 494 g/mol. The number of amides is 1. The van der Waals surface area contributed by atoms with E-state index in [1.165, 1.54) is 18.4 Å². The minimum Gasteiger partial charge on any atom is -0.326 e. The Hall–Kier alpha value is -3.20. The number of hydrogen-bond donors (Lipinski definition) is 2. The molecule has 36 heavy (non-hydrogen) atoms. The Labute approximate surface area is 211 Å². The molecule has 3 aromatic rings. The van der Waals surface area contributed by atoms with Crippen LogP contribution in [0.5, 0.6) is 0 Å². The second-order valence-electron chi connectivity index (χ2n) is 10.2. The van der Waals surface area contributed by atoms with E-state index in [9.17, 15) is 14.4 Å². The van der Waals surface area contributed by atoms with Crippen molar-refractivity contribution in [2.45, 2.75) is 78.9 Å². The summed E-state index contributed by atoms with van der Waals surface area (Å²) in [6.45, 7) is 10.4. The Morgan fingerprint density at radius 1 is 1.17 bits per heavy atom. The van der Waals surface area contributed by atoms with Crippen molar-refractivity contribution in [2.75, 3.05) is 18.4 Å². The molecule has 0 aliphatic carbocycles. The average molecular weight is 495 g/mol. The van der Waals surface area contributed by atoms with Crippen molar-refractivity contribution >= 4 is 22.8 Å². The summed E-state index contributed by atoms with van der Waals surface area (Å²) in [6, 6.07) is 8.02.